The number of nitrogens with one attached hydrogen (secondary N) is 1. The van der Waals surface area contributed by atoms with E-state index in [9.17, 15) is 4.79 Å². The summed E-state index contributed by atoms with van der Waals surface area (Å²) in [7, 11) is 0. The number of amides is 1. The van der Waals surface area contributed by atoms with Crippen LogP contribution in [0.3, 0.4) is 0 Å². The molecule has 0 aliphatic carbocycles. The number of carbonyl (C=O) groups is 1. The van der Waals surface area contributed by atoms with Gasteiger partial charge in [0.15, 0.2) is 0 Å². The van der Waals surface area contributed by atoms with Crippen LogP contribution in [0.25, 0.3) is 0 Å². The van der Waals surface area contributed by atoms with Gasteiger partial charge in [-0.2, -0.15) is 5.10 Å². The van der Waals surface area contributed by atoms with Crippen molar-refractivity contribution in [1.29, 1.82) is 0 Å². The predicted octanol–water partition coefficient (Wildman–Crippen LogP) is 5.35. The lowest BCUT2D eigenvalue weighted by molar-refractivity contribution is -0.121. The number of benzene rings is 2. The van der Waals surface area contributed by atoms with Gasteiger partial charge in [-0.3, -0.25) is 4.79 Å². The number of hydrogen-bond acceptors (Lipinski definition) is 3. The first-order valence-electron chi connectivity index (χ1n) is 7.63. The molecule has 0 aliphatic heterocycles. The average molecular weight is 400 g/mol. The molecule has 4 nitrogen and oxygen atoms in total. The molecule has 2 aromatic rings. The van der Waals surface area contributed by atoms with Gasteiger partial charge in [-0.05, 0) is 37.6 Å². The van der Waals surface area contributed by atoms with Gasteiger partial charge in [-0.15, -0.1) is 0 Å². The van der Waals surface area contributed by atoms with E-state index in [-0.39, 0.29) is 12.3 Å². The predicted molar refractivity (Wildman–Crippen MR) is 103 cm³/mol. The van der Waals surface area contributed by atoms with Crippen molar-refractivity contribution in [2.45, 2.75) is 19.8 Å². The van der Waals surface area contributed by atoms with Gasteiger partial charge < -0.3 is 4.74 Å². The molecule has 1 amide bonds. The van der Waals surface area contributed by atoms with Crippen molar-refractivity contribution in [3.05, 3.63) is 63.1 Å². The van der Waals surface area contributed by atoms with Gasteiger partial charge in [0.25, 0.3) is 0 Å². The average Bonchev–Trinajstić information content (AvgIpc) is 2.58. The van der Waals surface area contributed by atoms with Crippen molar-refractivity contribution < 1.29 is 9.53 Å². The topological polar surface area (TPSA) is 50.7 Å². The summed E-state index contributed by atoms with van der Waals surface area (Å²) in [6.45, 7) is 2.15. The number of nitrogens with zero attached hydrogens (tertiary/aromatic N) is 1. The minimum Gasteiger partial charge on any atom is -0.492 e. The second-order valence-corrected chi connectivity index (χ2v) is 6.49. The minimum atomic E-state index is -0.197. The summed E-state index contributed by atoms with van der Waals surface area (Å²) in [5.74, 6) is 0.344. The zero-order valence-electron chi connectivity index (χ0n) is 13.6. The number of carbonyl (C=O) groups excluding carboxylic acids is 1. The van der Waals surface area contributed by atoms with Crippen molar-refractivity contribution in [1.82, 2.24) is 5.43 Å². The van der Waals surface area contributed by atoms with Crippen LogP contribution in [0, 0.1) is 0 Å². The first-order valence-corrected chi connectivity index (χ1v) is 8.76. The highest BCUT2D eigenvalue weighted by Crippen LogP contribution is 2.27. The van der Waals surface area contributed by atoms with Crippen molar-refractivity contribution >= 4 is 46.4 Å². The quantitative estimate of drug-likeness (QED) is 0.388. The molecule has 25 heavy (non-hydrogen) atoms. The number of halogens is 3. The van der Waals surface area contributed by atoms with Crippen molar-refractivity contribution in [2.75, 3.05) is 6.61 Å². The van der Waals surface area contributed by atoms with Gasteiger partial charge in [0, 0.05) is 22.0 Å². The molecular weight excluding hydrogens is 383 g/mol. The molecule has 2 aromatic carbocycles. The molecule has 7 heteroatoms. The highest BCUT2D eigenvalue weighted by molar-refractivity contribution is 6.35. The molecule has 0 radical (unpaired) electrons. The van der Waals surface area contributed by atoms with Crippen LogP contribution in [0.2, 0.25) is 15.1 Å². The normalized spacial score (nSPS) is 11.3. The van der Waals surface area contributed by atoms with Gasteiger partial charge in [0.05, 0.1) is 17.3 Å². The standard InChI is InChI=1S/C18H17Cl3N2O2/c1-12(14-5-2-3-6-15(14)20)22-23-18(24)7-4-10-25-17-9-8-13(19)11-16(17)21/h2-3,5-6,8-9,11H,4,7,10H2,1H3,(H,23,24)/b22-12-. The lowest BCUT2D eigenvalue weighted by Gasteiger charge is -2.08. The van der Waals surface area contributed by atoms with Gasteiger partial charge in [0.1, 0.15) is 5.75 Å². The molecule has 0 fully saturated rings. The Morgan fingerprint density at radius 1 is 1.12 bits per heavy atom. The van der Waals surface area contributed by atoms with E-state index in [1.54, 1.807) is 31.2 Å². The largest absolute Gasteiger partial charge is 0.492 e. The van der Waals surface area contributed by atoms with E-state index >= 15 is 0 Å². The maximum absolute atomic E-state index is 11.8. The third-order valence-electron chi connectivity index (χ3n) is 3.31. The molecule has 0 spiro atoms. The van der Waals surface area contributed by atoms with Crippen LogP contribution < -0.4 is 10.2 Å². The summed E-state index contributed by atoms with van der Waals surface area (Å²) < 4.78 is 5.53. The third kappa shape index (κ3) is 6.24. The molecule has 0 saturated carbocycles. The Labute approximate surface area is 161 Å². The van der Waals surface area contributed by atoms with E-state index in [4.69, 9.17) is 39.5 Å². The first-order chi connectivity index (χ1) is 12.0. The molecule has 0 saturated heterocycles. The van der Waals surface area contributed by atoms with E-state index in [0.29, 0.717) is 39.6 Å². The second-order valence-electron chi connectivity index (χ2n) is 5.24. The van der Waals surface area contributed by atoms with Gasteiger partial charge in [-0.25, -0.2) is 5.43 Å². The van der Waals surface area contributed by atoms with E-state index in [1.165, 1.54) is 0 Å². The summed E-state index contributed by atoms with van der Waals surface area (Å²) in [6, 6.07) is 12.3. The lowest BCUT2D eigenvalue weighted by Crippen LogP contribution is -2.19. The molecule has 0 aliphatic rings. The maximum atomic E-state index is 11.8. The monoisotopic (exact) mass is 398 g/mol. The van der Waals surface area contributed by atoms with Crippen LogP contribution in [0.1, 0.15) is 25.3 Å². The molecule has 0 heterocycles. The van der Waals surface area contributed by atoms with Gasteiger partial charge >= 0.3 is 0 Å². The zero-order chi connectivity index (χ0) is 18.2. The van der Waals surface area contributed by atoms with Crippen LogP contribution in [0.15, 0.2) is 47.6 Å². The zero-order valence-corrected chi connectivity index (χ0v) is 15.8. The van der Waals surface area contributed by atoms with Crippen LogP contribution in [-0.2, 0) is 4.79 Å². The maximum Gasteiger partial charge on any atom is 0.240 e. The second kappa shape index (κ2) is 9.66. The first kappa shape index (κ1) is 19.6. The van der Waals surface area contributed by atoms with Crippen LogP contribution in [0.4, 0.5) is 0 Å². The van der Waals surface area contributed by atoms with Crippen molar-refractivity contribution in [3.63, 3.8) is 0 Å². The van der Waals surface area contributed by atoms with E-state index in [0.717, 1.165) is 5.56 Å². The molecule has 0 bridgehead atoms. The Bertz CT molecular complexity index is 779. The lowest BCUT2D eigenvalue weighted by atomic mass is 10.1. The third-order valence-corrected chi connectivity index (χ3v) is 4.17. The van der Waals surface area contributed by atoms with Crippen molar-refractivity contribution in [2.24, 2.45) is 5.10 Å². The Morgan fingerprint density at radius 2 is 1.88 bits per heavy atom. The molecular formula is C18H17Cl3N2O2. The molecule has 1 N–H and O–H groups in total. The molecule has 0 unspecified atom stereocenters. The minimum absolute atomic E-state index is 0.197. The van der Waals surface area contributed by atoms with Gasteiger partial charge in [0.2, 0.25) is 5.91 Å². The Hall–Kier alpha value is -1.75. The highest BCUT2D eigenvalue weighted by atomic mass is 35.5. The van der Waals surface area contributed by atoms with Crippen molar-refractivity contribution in [3.8, 4) is 5.75 Å². The highest BCUT2D eigenvalue weighted by Gasteiger charge is 2.06. The van der Waals surface area contributed by atoms with E-state index < -0.39 is 0 Å². The van der Waals surface area contributed by atoms with E-state index in [2.05, 4.69) is 10.5 Å². The fraction of sp³-hybridized carbons (Fsp3) is 0.222. The van der Waals surface area contributed by atoms with Crippen LogP contribution >= 0.6 is 34.8 Å². The van der Waals surface area contributed by atoms with E-state index in [1.807, 2.05) is 18.2 Å². The summed E-state index contributed by atoms with van der Waals surface area (Å²) >= 11 is 17.9. The van der Waals surface area contributed by atoms with Crippen LogP contribution in [0.5, 0.6) is 5.75 Å². The summed E-state index contributed by atoms with van der Waals surface area (Å²) in [4.78, 5) is 11.8. The summed E-state index contributed by atoms with van der Waals surface area (Å²) in [5, 5.41) is 5.65. The fourth-order valence-corrected chi connectivity index (χ4v) is 2.76. The number of hydrogen-bond donors (Lipinski definition) is 1. The number of ether oxygens (including phenoxy) is 1. The number of hydrazone groups is 1. The molecule has 0 atom stereocenters. The summed E-state index contributed by atoms with van der Waals surface area (Å²) in [6.07, 6.45) is 0.815. The Balaban J connectivity index is 1.75. The smallest absolute Gasteiger partial charge is 0.240 e. The summed E-state index contributed by atoms with van der Waals surface area (Å²) in [5.41, 5.74) is 3.94. The molecule has 0 aromatic heterocycles. The Kier molecular flexibility index (Phi) is 7.56. The molecule has 132 valence electrons. The molecule has 2 rings (SSSR count). The Morgan fingerprint density at radius 3 is 2.60 bits per heavy atom. The fourth-order valence-electron chi connectivity index (χ4n) is 2.02. The number of rotatable bonds is 7. The van der Waals surface area contributed by atoms with Gasteiger partial charge in [-0.1, -0.05) is 53.0 Å². The SMILES string of the molecule is C/C(=N/NC(=O)CCCOc1ccc(Cl)cc1Cl)c1ccccc1Cl. The van der Waals surface area contributed by atoms with Crippen LogP contribution in [-0.4, -0.2) is 18.2 Å².